The Bertz CT molecular complexity index is 807. The Morgan fingerprint density at radius 1 is 1.30 bits per heavy atom. The summed E-state index contributed by atoms with van der Waals surface area (Å²) < 4.78 is 0. The summed E-state index contributed by atoms with van der Waals surface area (Å²) in [6.07, 6.45) is 0. The van der Waals surface area contributed by atoms with E-state index in [1.807, 2.05) is 13.8 Å². The van der Waals surface area contributed by atoms with Crippen LogP contribution in [-0.2, 0) is 0 Å². The van der Waals surface area contributed by atoms with Crippen LogP contribution in [0.4, 0.5) is 0 Å². The van der Waals surface area contributed by atoms with E-state index in [0.717, 1.165) is 0 Å². The van der Waals surface area contributed by atoms with Gasteiger partial charge in [-0.2, -0.15) is 5.26 Å². The molecular weight excluding hydrogens is 353 g/mol. The minimum atomic E-state index is -0.801. The number of hydrogen-bond acceptors (Lipinski definition) is 4. The van der Waals surface area contributed by atoms with Gasteiger partial charge in [-0.15, -0.1) is 0 Å². The molecule has 0 aliphatic rings. The molecule has 7 heteroatoms. The fraction of sp³-hybridized carbons (Fsp3) is 0.312. The lowest BCUT2D eigenvalue weighted by Crippen LogP contribution is -2.19. The maximum absolute atomic E-state index is 12.2. The van der Waals surface area contributed by atoms with Crippen molar-refractivity contribution < 1.29 is 0 Å². The Balaban J connectivity index is 2.65. The summed E-state index contributed by atoms with van der Waals surface area (Å²) in [6.45, 7) is 5.63. The van der Waals surface area contributed by atoms with Gasteiger partial charge in [0.05, 0.1) is 11.8 Å². The zero-order chi connectivity index (χ0) is 17.1. The molecule has 0 bridgehead atoms. The number of hydrogen-bond donors (Lipinski definition) is 1. The predicted octanol–water partition coefficient (Wildman–Crippen LogP) is 4.54. The first-order valence-electron chi connectivity index (χ1n) is 6.96. The lowest BCUT2D eigenvalue weighted by Gasteiger charge is -2.15. The summed E-state index contributed by atoms with van der Waals surface area (Å²) in [5.41, 5.74) is 0.983. The third-order valence-corrected chi connectivity index (χ3v) is 4.75. The quantitative estimate of drug-likeness (QED) is 0.635. The van der Waals surface area contributed by atoms with Gasteiger partial charge in [0.1, 0.15) is 5.92 Å². The van der Waals surface area contributed by atoms with Gasteiger partial charge in [0.25, 0.3) is 5.56 Å². The Morgan fingerprint density at radius 3 is 2.43 bits per heavy atom. The lowest BCUT2D eigenvalue weighted by atomic mass is 9.94. The van der Waals surface area contributed by atoms with Crippen LogP contribution in [0.25, 0.3) is 0 Å². The van der Waals surface area contributed by atoms with Crippen molar-refractivity contribution in [1.82, 2.24) is 9.97 Å². The van der Waals surface area contributed by atoms with Crippen LogP contribution in [0.5, 0.6) is 0 Å². The standard InChI is InChI=1S/C16H15Cl2N3OS/c1-8(2)23-16-20-14(9(3)15(22)21-16)10(7-19)13-11(17)5-4-6-12(13)18/h4-6,8,10H,1-3H3,(H,20,21,22). The number of aromatic nitrogens is 2. The third-order valence-electron chi connectivity index (χ3n) is 3.21. The molecule has 0 amide bonds. The van der Waals surface area contributed by atoms with Gasteiger partial charge in [0, 0.05) is 26.4 Å². The lowest BCUT2D eigenvalue weighted by molar-refractivity contribution is 0.824. The molecule has 1 atom stereocenters. The number of aromatic amines is 1. The van der Waals surface area contributed by atoms with E-state index in [9.17, 15) is 10.1 Å². The van der Waals surface area contributed by atoms with E-state index in [1.54, 1.807) is 25.1 Å². The van der Waals surface area contributed by atoms with Gasteiger partial charge in [-0.25, -0.2) is 4.98 Å². The minimum Gasteiger partial charge on any atom is -0.301 e. The second-order valence-electron chi connectivity index (χ2n) is 5.25. The molecule has 2 rings (SSSR count). The normalized spacial score (nSPS) is 12.2. The molecule has 0 saturated heterocycles. The molecule has 0 saturated carbocycles. The maximum atomic E-state index is 12.2. The van der Waals surface area contributed by atoms with Crippen molar-refractivity contribution >= 4 is 35.0 Å². The van der Waals surface area contributed by atoms with Crippen LogP contribution >= 0.6 is 35.0 Å². The molecule has 0 spiro atoms. The average Bonchev–Trinajstić information content (AvgIpc) is 2.46. The summed E-state index contributed by atoms with van der Waals surface area (Å²) in [7, 11) is 0. The van der Waals surface area contributed by atoms with Gasteiger partial charge in [-0.05, 0) is 19.1 Å². The smallest absolute Gasteiger partial charge is 0.254 e. The number of nitrogens with one attached hydrogen (secondary N) is 1. The van der Waals surface area contributed by atoms with Crippen LogP contribution in [-0.4, -0.2) is 15.2 Å². The van der Waals surface area contributed by atoms with E-state index in [4.69, 9.17) is 23.2 Å². The van der Waals surface area contributed by atoms with Gasteiger partial charge in [-0.3, -0.25) is 4.79 Å². The molecule has 2 aromatic rings. The number of halogens is 2. The Kier molecular flexibility index (Phi) is 5.74. The first-order chi connectivity index (χ1) is 10.8. The van der Waals surface area contributed by atoms with Crippen LogP contribution in [0.2, 0.25) is 10.0 Å². The van der Waals surface area contributed by atoms with Gasteiger partial charge in [-0.1, -0.05) is 54.9 Å². The topological polar surface area (TPSA) is 69.5 Å². The first-order valence-corrected chi connectivity index (χ1v) is 8.59. The minimum absolute atomic E-state index is 0.248. The van der Waals surface area contributed by atoms with Crippen molar-refractivity contribution in [3.8, 4) is 6.07 Å². The fourth-order valence-corrected chi connectivity index (χ4v) is 3.50. The molecule has 1 aromatic carbocycles. The van der Waals surface area contributed by atoms with Gasteiger partial charge in [0.2, 0.25) is 0 Å². The Morgan fingerprint density at radius 2 is 1.91 bits per heavy atom. The summed E-state index contributed by atoms with van der Waals surface area (Å²) in [5.74, 6) is -0.801. The second kappa shape index (κ2) is 7.39. The highest BCUT2D eigenvalue weighted by molar-refractivity contribution is 7.99. The van der Waals surface area contributed by atoms with Gasteiger partial charge in [0.15, 0.2) is 5.16 Å². The molecular formula is C16H15Cl2N3OS. The van der Waals surface area contributed by atoms with Crippen LogP contribution in [0, 0.1) is 18.3 Å². The van der Waals surface area contributed by atoms with Crippen LogP contribution in [0.1, 0.15) is 36.6 Å². The SMILES string of the molecule is Cc1c(C(C#N)c2c(Cl)cccc2Cl)nc(SC(C)C)[nH]c1=O. The second-order valence-corrected chi connectivity index (χ2v) is 7.62. The summed E-state index contributed by atoms with van der Waals surface area (Å²) >= 11 is 13.9. The Labute approximate surface area is 148 Å². The average molecular weight is 368 g/mol. The molecule has 1 aromatic heterocycles. The van der Waals surface area contributed by atoms with Gasteiger partial charge < -0.3 is 4.98 Å². The summed E-state index contributed by atoms with van der Waals surface area (Å²) in [4.78, 5) is 19.4. The zero-order valence-electron chi connectivity index (χ0n) is 12.9. The number of nitrogens with zero attached hydrogens (tertiary/aromatic N) is 2. The number of thioether (sulfide) groups is 1. The molecule has 120 valence electrons. The van der Waals surface area contributed by atoms with Crippen LogP contribution in [0.3, 0.4) is 0 Å². The number of benzene rings is 1. The van der Waals surface area contributed by atoms with E-state index in [0.29, 0.717) is 32.0 Å². The largest absolute Gasteiger partial charge is 0.301 e. The molecule has 4 nitrogen and oxygen atoms in total. The van der Waals surface area contributed by atoms with E-state index >= 15 is 0 Å². The first kappa shape index (κ1) is 17.9. The number of rotatable bonds is 4. The maximum Gasteiger partial charge on any atom is 0.254 e. The highest BCUT2D eigenvalue weighted by atomic mass is 35.5. The summed E-state index contributed by atoms with van der Waals surface area (Å²) in [6, 6.07) is 7.21. The molecule has 1 unspecified atom stereocenters. The molecule has 0 radical (unpaired) electrons. The summed E-state index contributed by atoms with van der Waals surface area (Å²) in [5, 5.41) is 11.1. The molecule has 0 fully saturated rings. The molecule has 0 aliphatic carbocycles. The molecule has 23 heavy (non-hydrogen) atoms. The predicted molar refractivity (Wildman–Crippen MR) is 94.5 cm³/mol. The highest BCUT2D eigenvalue weighted by Crippen LogP contribution is 2.35. The molecule has 0 aliphatic heterocycles. The van der Waals surface area contributed by atoms with E-state index in [-0.39, 0.29) is 10.8 Å². The van der Waals surface area contributed by atoms with Crippen LogP contribution < -0.4 is 5.56 Å². The van der Waals surface area contributed by atoms with Crippen molar-refractivity contribution in [3.63, 3.8) is 0 Å². The molecule has 1 heterocycles. The third kappa shape index (κ3) is 3.89. The van der Waals surface area contributed by atoms with Crippen molar-refractivity contribution in [1.29, 1.82) is 5.26 Å². The van der Waals surface area contributed by atoms with Crippen molar-refractivity contribution in [2.75, 3.05) is 0 Å². The Hall–Kier alpha value is -1.48. The number of nitriles is 1. The van der Waals surface area contributed by atoms with Gasteiger partial charge >= 0.3 is 0 Å². The molecule has 1 N–H and O–H groups in total. The fourth-order valence-electron chi connectivity index (χ4n) is 2.14. The monoisotopic (exact) mass is 367 g/mol. The highest BCUT2D eigenvalue weighted by Gasteiger charge is 2.25. The zero-order valence-corrected chi connectivity index (χ0v) is 15.2. The number of H-pyrrole nitrogens is 1. The van der Waals surface area contributed by atoms with E-state index < -0.39 is 5.92 Å². The van der Waals surface area contributed by atoms with Crippen LogP contribution in [0.15, 0.2) is 28.2 Å². The van der Waals surface area contributed by atoms with Crippen molar-refractivity contribution in [2.45, 2.75) is 37.1 Å². The van der Waals surface area contributed by atoms with E-state index in [1.165, 1.54) is 11.8 Å². The van der Waals surface area contributed by atoms with Crippen molar-refractivity contribution in [2.24, 2.45) is 0 Å². The van der Waals surface area contributed by atoms with Crippen molar-refractivity contribution in [3.05, 3.63) is 55.4 Å². The van der Waals surface area contributed by atoms with E-state index in [2.05, 4.69) is 16.0 Å².